The lowest BCUT2D eigenvalue weighted by Crippen LogP contribution is -2.44. The summed E-state index contributed by atoms with van der Waals surface area (Å²) in [7, 11) is 0. The molecular formula is C17H21F3N2O2S. The van der Waals surface area contributed by atoms with Crippen LogP contribution in [0.5, 0.6) is 0 Å². The summed E-state index contributed by atoms with van der Waals surface area (Å²) < 4.78 is 45.4. The minimum absolute atomic E-state index is 0.377. The fourth-order valence-corrected chi connectivity index (χ4v) is 5.52. The second-order valence-corrected chi connectivity index (χ2v) is 8.34. The summed E-state index contributed by atoms with van der Waals surface area (Å²) in [5.41, 5.74) is 0. The quantitative estimate of drug-likeness (QED) is 0.848. The lowest BCUT2D eigenvalue weighted by molar-refractivity contribution is -0.196. The lowest BCUT2D eigenvalue weighted by Gasteiger charge is -2.28. The van der Waals surface area contributed by atoms with Crippen molar-refractivity contribution in [3.63, 3.8) is 0 Å². The number of thiazole rings is 1. The zero-order valence-electron chi connectivity index (χ0n) is 13.7. The lowest BCUT2D eigenvalue weighted by atomic mass is 9.78. The molecule has 1 aromatic rings. The van der Waals surface area contributed by atoms with Gasteiger partial charge in [0.05, 0.1) is 24.0 Å². The molecule has 3 aliphatic rings. The summed E-state index contributed by atoms with van der Waals surface area (Å²) in [5, 5.41) is 3.02. The number of nitrogens with zero attached hydrogens (tertiary/aromatic N) is 1. The summed E-state index contributed by atoms with van der Waals surface area (Å²) in [6, 6.07) is 0. The maximum absolute atomic E-state index is 13.3. The third-order valence-corrected chi connectivity index (χ3v) is 6.79. The highest BCUT2D eigenvalue weighted by Crippen LogP contribution is 2.51. The molecular weight excluding hydrogens is 353 g/mol. The van der Waals surface area contributed by atoms with E-state index in [2.05, 4.69) is 10.3 Å². The van der Waals surface area contributed by atoms with Gasteiger partial charge in [-0.2, -0.15) is 13.2 Å². The molecule has 4 rings (SSSR count). The Balaban J connectivity index is 1.45. The number of hydrogen-bond donors (Lipinski definition) is 1. The smallest absolute Gasteiger partial charge is 0.373 e. The van der Waals surface area contributed by atoms with Crippen molar-refractivity contribution in [3.8, 4) is 0 Å². The van der Waals surface area contributed by atoms with E-state index in [0.29, 0.717) is 23.9 Å². The molecule has 4 nitrogen and oxygen atoms in total. The van der Waals surface area contributed by atoms with Crippen LogP contribution in [0.2, 0.25) is 0 Å². The SMILES string of the molecule is O=C(Nc1ncc(C2CCCCC2)s1)C1C2CCC(O2)C1C(F)(F)F. The summed E-state index contributed by atoms with van der Waals surface area (Å²) in [4.78, 5) is 17.9. The molecule has 25 heavy (non-hydrogen) atoms. The molecule has 2 saturated heterocycles. The van der Waals surface area contributed by atoms with Gasteiger partial charge in [0.25, 0.3) is 0 Å². The van der Waals surface area contributed by atoms with Crippen LogP contribution in [0.25, 0.3) is 0 Å². The Bertz CT molecular complexity index is 642. The highest BCUT2D eigenvalue weighted by Gasteiger charge is 2.62. The van der Waals surface area contributed by atoms with Crippen LogP contribution in [0, 0.1) is 11.8 Å². The molecule has 0 aromatic carbocycles. The third-order valence-electron chi connectivity index (χ3n) is 5.72. The molecule has 1 N–H and O–H groups in total. The van der Waals surface area contributed by atoms with Gasteiger partial charge in [-0.3, -0.25) is 4.79 Å². The first kappa shape index (κ1) is 17.3. The normalized spacial score (nSPS) is 32.9. The van der Waals surface area contributed by atoms with Gasteiger partial charge in [-0.05, 0) is 31.6 Å². The number of halogens is 3. The largest absolute Gasteiger partial charge is 0.395 e. The summed E-state index contributed by atoms with van der Waals surface area (Å²) >= 11 is 1.39. The van der Waals surface area contributed by atoms with Crippen molar-refractivity contribution in [1.82, 2.24) is 4.98 Å². The van der Waals surface area contributed by atoms with Gasteiger partial charge in [0.15, 0.2) is 5.13 Å². The van der Waals surface area contributed by atoms with Crippen LogP contribution < -0.4 is 5.32 Å². The molecule has 4 atom stereocenters. The van der Waals surface area contributed by atoms with Crippen LogP contribution in [0.1, 0.15) is 55.7 Å². The average molecular weight is 374 g/mol. The number of fused-ring (bicyclic) bond motifs is 2. The minimum Gasteiger partial charge on any atom is -0.373 e. The monoisotopic (exact) mass is 374 g/mol. The number of amides is 1. The van der Waals surface area contributed by atoms with E-state index < -0.39 is 36.1 Å². The van der Waals surface area contributed by atoms with Gasteiger partial charge in [0, 0.05) is 11.1 Å². The molecule has 138 valence electrons. The second-order valence-electron chi connectivity index (χ2n) is 7.28. The minimum atomic E-state index is -4.42. The second kappa shape index (κ2) is 6.54. The molecule has 1 amide bonds. The van der Waals surface area contributed by atoms with Gasteiger partial charge in [-0.25, -0.2) is 4.98 Å². The Morgan fingerprint density at radius 1 is 1.16 bits per heavy atom. The van der Waals surface area contributed by atoms with Gasteiger partial charge >= 0.3 is 6.18 Å². The topological polar surface area (TPSA) is 51.2 Å². The molecule has 0 radical (unpaired) electrons. The molecule has 3 heterocycles. The van der Waals surface area contributed by atoms with Crippen LogP contribution >= 0.6 is 11.3 Å². The first-order valence-electron chi connectivity index (χ1n) is 8.92. The molecule has 4 unspecified atom stereocenters. The molecule has 1 saturated carbocycles. The van der Waals surface area contributed by atoms with E-state index in [1.54, 1.807) is 6.20 Å². The van der Waals surface area contributed by atoms with Gasteiger partial charge in [0.2, 0.25) is 5.91 Å². The van der Waals surface area contributed by atoms with E-state index >= 15 is 0 Å². The van der Waals surface area contributed by atoms with Gasteiger partial charge in [0.1, 0.15) is 0 Å². The van der Waals surface area contributed by atoms with E-state index in [1.165, 1.54) is 30.6 Å². The fourth-order valence-electron chi connectivity index (χ4n) is 4.54. The van der Waals surface area contributed by atoms with E-state index in [4.69, 9.17) is 4.74 Å². The Morgan fingerprint density at radius 2 is 1.88 bits per heavy atom. The Labute approximate surface area is 148 Å². The molecule has 8 heteroatoms. The number of hydrogen-bond acceptors (Lipinski definition) is 4. The van der Waals surface area contributed by atoms with Crippen molar-refractivity contribution in [2.75, 3.05) is 5.32 Å². The summed E-state index contributed by atoms with van der Waals surface area (Å²) in [6.45, 7) is 0. The molecule has 1 aromatic heterocycles. The van der Waals surface area contributed by atoms with Crippen molar-refractivity contribution >= 4 is 22.4 Å². The van der Waals surface area contributed by atoms with Crippen LogP contribution in [0.15, 0.2) is 6.20 Å². The van der Waals surface area contributed by atoms with Crippen LogP contribution in [0.3, 0.4) is 0 Å². The number of carbonyl (C=O) groups excluding carboxylic acids is 1. The maximum Gasteiger partial charge on any atom is 0.395 e. The highest BCUT2D eigenvalue weighted by molar-refractivity contribution is 7.15. The zero-order chi connectivity index (χ0) is 17.6. The summed E-state index contributed by atoms with van der Waals surface area (Å²) in [6.07, 6.45) is 2.60. The van der Waals surface area contributed by atoms with Crippen LogP contribution in [0.4, 0.5) is 18.3 Å². The molecule has 0 spiro atoms. The Kier molecular flexibility index (Phi) is 4.52. The van der Waals surface area contributed by atoms with Crippen molar-refractivity contribution in [2.24, 2.45) is 11.8 Å². The molecule has 1 aliphatic carbocycles. The van der Waals surface area contributed by atoms with Gasteiger partial charge in [-0.1, -0.05) is 19.3 Å². The van der Waals surface area contributed by atoms with Crippen molar-refractivity contribution in [3.05, 3.63) is 11.1 Å². The third kappa shape index (κ3) is 3.30. The average Bonchev–Trinajstić information content (AvgIpc) is 3.30. The predicted octanol–water partition coefficient (Wildman–Crippen LogP) is 4.49. The number of ether oxygens (including phenoxy) is 1. The standard InChI is InChI=1S/C17H21F3N2O2S/c18-17(19,20)14-11-7-6-10(24-11)13(14)15(23)22-16-21-8-12(25-16)9-4-2-1-3-5-9/h8-11,13-14H,1-7H2,(H,21,22,23). The number of nitrogens with one attached hydrogen (secondary N) is 1. The number of carbonyl (C=O) groups is 1. The van der Waals surface area contributed by atoms with E-state index in [0.717, 1.165) is 17.7 Å². The van der Waals surface area contributed by atoms with Crippen molar-refractivity contribution in [2.45, 2.75) is 69.2 Å². The van der Waals surface area contributed by atoms with Crippen molar-refractivity contribution < 1.29 is 22.7 Å². The number of aromatic nitrogens is 1. The predicted molar refractivity (Wildman–Crippen MR) is 87.5 cm³/mol. The number of anilines is 1. The van der Waals surface area contributed by atoms with E-state index in [1.807, 2.05) is 0 Å². The number of alkyl halides is 3. The van der Waals surface area contributed by atoms with Crippen LogP contribution in [-0.4, -0.2) is 29.3 Å². The zero-order valence-corrected chi connectivity index (χ0v) is 14.5. The van der Waals surface area contributed by atoms with Crippen molar-refractivity contribution in [1.29, 1.82) is 0 Å². The summed E-state index contributed by atoms with van der Waals surface area (Å²) in [5.74, 6) is -3.02. The van der Waals surface area contributed by atoms with Crippen LogP contribution in [-0.2, 0) is 9.53 Å². The number of rotatable bonds is 3. The fraction of sp³-hybridized carbons (Fsp3) is 0.765. The first-order chi connectivity index (χ1) is 11.9. The molecule has 2 bridgehead atoms. The maximum atomic E-state index is 13.3. The Hall–Kier alpha value is -1.15. The van der Waals surface area contributed by atoms with E-state index in [9.17, 15) is 18.0 Å². The highest BCUT2D eigenvalue weighted by atomic mass is 32.1. The van der Waals surface area contributed by atoms with Gasteiger partial charge < -0.3 is 10.1 Å². The first-order valence-corrected chi connectivity index (χ1v) is 9.74. The van der Waals surface area contributed by atoms with E-state index in [-0.39, 0.29) is 0 Å². The molecule has 2 aliphatic heterocycles. The van der Waals surface area contributed by atoms with Gasteiger partial charge in [-0.15, -0.1) is 11.3 Å². The molecule has 3 fully saturated rings. The Morgan fingerprint density at radius 3 is 2.60 bits per heavy atom.